The number of para-hydroxylation sites is 1. The molecule has 0 radical (unpaired) electrons. The number of ether oxygens (including phenoxy) is 1. The molecule has 0 saturated carbocycles. The van der Waals surface area contributed by atoms with E-state index in [1.807, 2.05) is 0 Å². The van der Waals surface area contributed by atoms with Gasteiger partial charge in [-0.3, -0.25) is 9.29 Å². The highest BCUT2D eigenvalue weighted by Gasteiger charge is 2.22. The third kappa shape index (κ3) is 4.62. The first kappa shape index (κ1) is 21.4. The maximum atomic E-state index is 13.3. The van der Waals surface area contributed by atoms with Crippen LogP contribution in [-0.2, 0) is 21.4 Å². The van der Waals surface area contributed by atoms with Crippen molar-refractivity contribution in [2.75, 3.05) is 4.72 Å². The Bertz CT molecular complexity index is 1180. The minimum atomic E-state index is -4.13. The standard InChI is InChI=1S/C19H16F3N3O4S/c1-12-10-13(20)6-7-16(12)30(27,28)24-15-5-3-2-4-14(15)18(26)29-11-17-23-8-9-25(17)19(21)22/h2-10,19,24H,11H2,1H3. The molecule has 0 saturated heterocycles. The quantitative estimate of drug-likeness (QED) is 0.564. The number of hydrogen-bond acceptors (Lipinski definition) is 5. The van der Waals surface area contributed by atoms with E-state index < -0.39 is 35.0 Å². The summed E-state index contributed by atoms with van der Waals surface area (Å²) < 4.78 is 72.2. The third-order valence-electron chi connectivity index (χ3n) is 4.11. The lowest BCUT2D eigenvalue weighted by Gasteiger charge is -2.14. The molecule has 158 valence electrons. The van der Waals surface area contributed by atoms with Crippen LogP contribution in [0.3, 0.4) is 0 Å². The summed E-state index contributed by atoms with van der Waals surface area (Å²) in [6.07, 6.45) is 2.18. The fraction of sp³-hybridized carbons (Fsp3) is 0.158. The SMILES string of the molecule is Cc1cc(F)ccc1S(=O)(=O)Nc1ccccc1C(=O)OCc1nccn1C(F)F. The number of rotatable bonds is 7. The number of nitrogens with one attached hydrogen (secondary N) is 1. The molecule has 0 spiro atoms. The van der Waals surface area contributed by atoms with Gasteiger partial charge in [-0.05, 0) is 42.8 Å². The second kappa shape index (κ2) is 8.57. The zero-order chi connectivity index (χ0) is 21.9. The highest BCUT2D eigenvalue weighted by atomic mass is 32.2. The summed E-state index contributed by atoms with van der Waals surface area (Å²) in [5.41, 5.74) is -0.0270. The Morgan fingerprint density at radius 3 is 2.67 bits per heavy atom. The Kier molecular flexibility index (Phi) is 6.11. The van der Waals surface area contributed by atoms with Crippen LogP contribution in [0, 0.1) is 12.7 Å². The minimum absolute atomic E-state index is 0.0802. The fourth-order valence-electron chi connectivity index (χ4n) is 2.71. The summed E-state index contributed by atoms with van der Waals surface area (Å²) in [5, 5.41) is 0. The molecule has 1 aromatic heterocycles. The van der Waals surface area contributed by atoms with Crippen LogP contribution in [0.4, 0.5) is 18.9 Å². The number of aromatic nitrogens is 2. The monoisotopic (exact) mass is 439 g/mol. The lowest BCUT2D eigenvalue weighted by Crippen LogP contribution is -2.18. The van der Waals surface area contributed by atoms with Gasteiger partial charge in [0.15, 0.2) is 5.82 Å². The van der Waals surface area contributed by atoms with Gasteiger partial charge in [-0.15, -0.1) is 0 Å². The molecule has 7 nitrogen and oxygen atoms in total. The molecule has 0 bridgehead atoms. The first-order valence-electron chi connectivity index (χ1n) is 8.54. The van der Waals surface area contributed by atoms with Gasteiger partial charge in [0, 0.05) is 12.4 Å². The van der Waals surface area contributed by atoms with Crippen LogP contribution >= 0.6 is 0 Å². The lowest BCUT2D eigenvalue weighted by atomic mass is 10.2. The van der Waals surface area contributed by atoms with Gasteiger partial charge >= 0.3 is 12.5 Å². The van der Waals surface area contributed by atoms with Gasteiger partial charge in [-0.1, -0.05) is 12.1 Å². The Morgan fingerprint density at radius 1 is 1.23 bits per heavy atom. The molecule has 0 amide bonds. The predicted molar refractivity (Wildman–Crippen MR) is 101 cm³/mol. The van der Waals surface area contributed by atoms with E-state index in [-0.39, 0.29) is 27.5 Å². The van der Waals surface area contributed by atoms with E-state index in [1.165, 1.54) is 31.2 Å². The molecule has 2 aromatic carbocycles. The van der Waals surface area contributed by atoms with Crippen molar-refractivity contribution in [3.63, 3.8) is 0 Å². The van der Waals surface area contributed by atoms with Crippen LogP contribution in [0.5, 0.6) is 0 Å². The maximum Gasteiger partial charge on any atom is 0.340 e. The highest BCUT2D eigenvalue weighted by Crippen LogP contribution is 2.24. The Balaban J connectivity index is 1.81. The van der Waals surface area contributed by atoms with Crippen molar-refractivity contribution in [1.29, 1.82) is 0 Å². The number of imidazole rings is 1. The number of hydrogen-bond donors (Lipinski definition) is 1. The number of aryl methyl sites for hydroxylation is 1. The zero-order valence-electron chi connectivity index (χ0n) is 15.6. The zero-order valence-corrected chi connectivity index (χ0v) is 16.4. The van der Waals surface area contributed by atoms with E-state index >= 15 is 0 Å². The fourth-order valence-corrected chi connectivity index (χ4v) is 4.01. The number of alkyl halides is 2. The summed E-state index contributed by atoms with van der Waals surface area (Å²) >= 11 is 0. The van der Waals surface area contributed by atoms with Gasteiger partial charge in [-0.25, -0.2) is 22.6 Å². The summed E-state index contributed by atoms with van der Waals surface area (Å²) in [6, 6.07) is 8.82. The smallest absolute Gasteiger partial charge is 0.340 e. The van der Waals surface area contributed by atoms with Crippen LogP contribution in [0.25, 0.3) is 0 Å². The van der Waals surface area contributed by atoms with Gasteiger partial charge in [0.05, 0.1) is 16.1 Å². The van der Waals surface area contributed by atoms with Crippen LogP contribution < -0.4 is 4.72 Å². The van der Waals surface area contributed by atoms with E-state index in [9.17, 15) is 26.4 Å². The molecule has 0 fully saturated rings. The summed E-state index contributed by atoms with van der Waals surface area (Å²) in [6.45, 7) is -1.95. The van der Waals surface area contributed by atoms with Crippen molar-refractivity contribution in [1.82, 2.24) is 9.55 Å². The second-order valence-corrected chi connectivity index (χ2v) is 7.82. The third-order valence-corrected chi connectivity index (χ3v) is 5.64. The van der Waals surface area contributed by atoms with Crippen molar-refractivity contribution in [2.45, 2.75) is 25.0 Å². The van der Waals surface area contributed by atoms with Gasteiger partial charge in [0.2, 0.25) is 0 Å². The second-order valence-electron chi connectivity index (χ2n) is 6.17. The molecular formula is C19H16F3N3O4S. The molecule has 0 unspecified atom stereocenters. The number of esters is 1. The number of sulfonamides is 1. The lowest BCUT2D eigenvalue weighted by molar-refractivity contribution is 0.0377. The molecular weight excluding hydrogens is 423 g/mol. The Labute approximate surface area is 170 Å². The molecule has 11 heteroatoms. The molecule has 1 heterocycles. The topological polar surface area (TPSA) is 90.3 Å². The van der Waals surface area contributed by atoms with Crippen LogP contribution in [-0.4, -0.2) is 23.9 Å². The van der Waals surface area contributed by atoms with Gasteiger partial charge < -0.3 is 4.74 Å². The van der Waals surface area contributed by atoms with Crippen molar-refractivity contribution in [3.05, 3.63) is 77.6 Å². The predicted octanol–water partition coefficient (Wildman–Crippen LogP) is 3.88. The van der Waals surface area contributed by atoms with E-state index in [4.69, 9.17) is 4.74 Å². The van der Waals surface area contributed by atoms with Crippen molar-refractivity contribution in [3.8, 4) is 0 Å². The van der Waals surface area contributed by atoms with E-state index in [2.05, 4.69) is 9.71 Å². The largest absolute Gasteiger partial charge is 0.454 e. The van der Waals surface area contributed by atoms with Crippen molar-refractivity contribution >= 4 is 21.7 Å². The molecule has 0 atom stereocenters. The highest BCUT2D eigenvalue weighted by molar-refractivity contribution is 7.92. The van der Waals surface area contributed by atoms with Gasteiger partial charge in [0.25, 0.3) is 10.0 Å². The Morgan fingerprint density at radius 2 is 1.97 bits per heavy atom. The average molecular weight is 439 g/mol. The van der Waals surface area contributed by atoms with E-state index in [1.54, 1.807) is 0 Å². The number of benzene rings is 2. The molecule has 1 N–H and O–H groups in total. The minimum Gasteiger partial charge on any atom is -0.454 e. The van der Waals surface area contributed by atoms with Crippen molar-refractivity contribution < 1.29 is 31.1 Å². The number of halogens is 3. The van der Waals surface area contributed by atoms with Crippen LogP contribution in [0.1, 0.15) is 28.3 Å². The summed E-state index contributed by atoms with van der Waals surface area (Å²) in [5.74, 6) is -1.69. The van der Waals surface area contributed by atoms with Gasteiger partial charge in [0.1, 0.15) is 12.4 Å². The van der Waals surface area contributed by atoms with E-state index in [0.717, 1.165) is 30.6 Å². The Hall–Kier alpha value is -3.34. The normalized spacial score (nSPS) is 11.5. The molecule has 0 aliphatic heterocycles. The number of carbonyl (C=O) groups excluding carboxylic acids is 1. The molecule has 30 heavy (non-hydrogen) atoms. The first-order valence-corrected chi connectivity index (χ1v) is 10.0. The molecule has 3 aromatic rings. The molecule has 0 aliphatic rings. The maximum absolute atomic E-state index is 13.3. The molecule has 3 rings (SSSR count). The van der Waals surface area contributed by atoms with Crippen LogP contribution in [0.15, 0.2) is 59.8 Å². The number of anilines is 1. The summed E-state index contributed by atoms with van der Waals surface area (Å²) in [4.78, 5) is 16.0. The summed E-state index contributed by atoms with van der Waals surface area (Å²) in [7, 11) is -4.13. The van der Waals surface area contributed by atoms with Crippen LogP contribution in [0.2, 0.25) is 0 Å². The molecule has 0 aliphatic carbocycles. The number of carbonyl (C=O) groups is 1. The van der Waals surface area contributed by atoms with E-state index in [0.29, 0.717) is 4.57 Å². The average Bonchev–Trinajstić information content (AvgIpc) is 3.15. The van der Waals surface area contributed by atoms with Crippen molar-refractivity contribution in [2.24, 2.45) is 0 Å². The number of nitrogens with zero attached hydrogens (tertiary/aromatic N) is 2. The van der Waals surface area contributed by atoms with Gasteiger partial charge in [-0.2, -0.15) is 8.78 Å². The first-order chi connectivity index (χ1) is 14.2.